The monoisotopic (exact) mass is 512 g/mol. The molecule has 2 aromatic heterocycles. The number of likely N-dealkylation sites (N-methyl/N-ethyl adjacent to an activating group) is 1. The molecule has 0 radical (unpaired) electrons. The number of rotatable bonds is 7. The summed E-state index contributed by atoms with van der Waals surface area (Å²) in [6.07, 6.45) is 0.808. The van der Waals surface area contributed by atoms with Crippen LogP contribution in [0.3, 0.4) is 0 Å². The molecular formula is C23H22F6N6O. The van der Waals surface area contributed by atoms with E-state index in [-0.39, 0.29) is 42.3 Å². The first-order valence-electron chi connectivity index (χ1n) is 11.1. The van der Waals surface area contributed by atoms with E-state index in [4.69, 9.17) is 0 Å². The fraction of sp³-hybridized carbons (Fsp3) is 0.391. The first-order valence-corrected chi connectivity index (χ1v) is 11.1. The summed E-state index contributed by atoms with van der Waals surface area (Å²) in [6, 6.07) is 0.781. The van der Waals surface area contributed by atoms with Crippen molar-refractivity contribution in [2.24, 2.45) is 0 Å². The Hall–Kier alpha value is -3.64. The molecule has 0 bridgehead atoms. The van der Waals surface area contributed by atoms with Crippen LogP contribution in [0.25, 0.3) is 0 Å². The van der Waals surface area contributed by atoms with Crippen molar-refractivity contribution >= 4 is 17.4 Å². The number of alkyl halides is 3. The summed E-state index contributed by atoms with van der Waals surface area (Å²) < 4.78 is 81.3. The minimum Gasteiger partial charge on any atom is -0.334 e. The Morgan fingerprint density at radius 2 is 1.72 bits per heavy atom. The molecule has 0 saturated heterocycles. The third-order valence-corrected chi connectivity index (χ3v) is 5.87. The Morgan fingerprint density at radius 3 is 2.36 bits per heavy atom. The SMILES string of the molecule is CC[C@H]1C(=O)N(C)c2cnc(CCc3cnn(Cc4cc(F)c(F)c(F)c4)c3)nc2N1CC(F)(F)F. The smallest absolute Gasteiger partial charge is 0.334 e. The van der Waals surface area contributed by atoms with E-state index >= 15 is 0 Å². The average molecular weight is 512 g/mol. The number of carbonyl (C=O) groups is 1. The molecule has 1 aromatic carbocycles. The van der Waals surface area contributed by atoms with Crippen LogP contribution in [0.1, 0.15) is 30.3 Å². The molecule has 7 nitrogen and oxygen atoms in total. The van der Waals surface area contributed by atoms with Gasteiger partial charge in [0.2, 0.25) is 5.91 Å². The van der Waals surface area contributed by atoms with E-state index in [1.807, 2.05) is 0 Å². The maximum atomic E-state index is 13.4. The predicted molar refractivity (Wildman–Crippen MR) is 118 cm³/mol. The average Bonchev–Trinajstić information content (AvgIpc) is 3.26. The van der Waals surface area contributed by atoms with Gasteiger partial charge in [0.05, 0.1) is 18.9 Å². The van der Waals surface area contributed by atoms with Crippen LogP contribution in [0.4, 0.5) is 37.8 Å². The Balaban J connectivity index is 1.50. The molecule has 0 unspecified atom stereocenters. The van der Waals surface area contributed by atoms with Crippen molar-refractivity contribution in [3.8, 4) is 0 Å². The van der Waals surface area contributed by atoms with Gasteiger partial charge in [-0.2, -0.15) is 18.3 Å². The van der Waals surface area contributed by atoms with Gasteiger partial charge in [-0.15, -0.1) is 0 Å². The standard InChI is InChI=1S/C23H22F6N6O/c1-3-17-22(36)33(2)18-9-30-19(32-21(18)35(17)12-23(27,28)29)5-4-13-8-31-34(10-13)11-14-6-15(24)20(26)16(25)7-14/h6-10,17H,3-5,11-12H2,1-2H3/t17-/m0/s1. The van der Waals surface area contributed by atoms with Gasteiger partial charge in [-0.1, -0.05) is 6.92 Å². The zero-order chi connectivity index (χ0) is 26.2. The number of carbonyl (C=O) groups excluding carboxylic acids is 1. The lowest BCUT2D eigenvalue weighted by atomic mass is 10.1. The van der Waals surface area contributed by atoms with E-state index in [0.29, 0.717) is 6.42 Å². The lowest BCUT2D eigenvalue weighted by molar-refractivity contribution is -0.126. The summed E-state index contributed by atoms with van der Waals surface area (Å²) in [5, 5.41) is 4.13. The second-order valence-corrected chi connectivity index (χ2v) is 8.48. The van der Waals surface area contributed by atoms with Crippen LogP contribution >= 0.6 is 0 Å². The second-order valence-electron chi connectivity index (χ2n) is 8.48. The Labute approximate surface area is 202 Å². The number of anilines is 2. The van der Waals surface area contributed by atoms with Crippen molar-refractivity contribution in [1.29, 1.82) is 0 Å². The Kier molecular flexibility index (Phi) is 6.92. The van der Waals surface area contributed by atoms with Crippen LogP contribution in [0, 0.1) is 17.5 Å². The maximum Gasteiger partial charge on any atom is 0.406 e. The predicted octanol–water partition coefficient (Wildman–Crippen LogP) is 4.05. The van der Waals surface area contributed by atoms with Crippen molar-refractivity contribution in [1.82, 2.24) is 19.7 Å². The van der Waals surface area contributed by atoms with Crippen molar-refractivity contribution in [3.05, 3.63) is 65.1 Å². The van der Waals surface area contributed by atoms with Gasteiger partial charge >= 0.3 is 6.18 Å². The number of hydrogen-bond acceptors (Lipinski definition) is 5. The van der Waals surface area contributed by atoms with Crippen molar-refractivity contribution in [2.45, 2.75) is 44.9 Å². The first-order chi connectivity index (χ1) is 17.0. The van der Waals surface area contributed by atoms with Crippen LogP contribution in [-0.2, 0) is 24.2 Å². The summed E-state index contributed by atoms with van der Waals surface area (Å²) in [5.74, 6) is -4.26. The molecule has 13 heteroatoms. The van der Waals surface area contributed by atoms with Crippen LogP contribution in [0.15, 0.2) is 30.7 Å². The minimum absolute atomic E-state index is 0.00857. The van der Waals surface area contributed by atoms with Crippen LogP contribution in [0.5, 0.6) is 0 Å². The van der Waals surface area contributed by atoms with Gasteiger partial charge < -0.3 is 9.80 Å². The molecule has 1 atom stereocenters. The molecule has 4 rings (SSSR count). The number of benzene rings is 1. The topological polar surface area (TPSA) is 67.2 Å². The quantitative estimate of drug-likeness (QED) is 0.353. The molecule has 36 heavy (non-hydrogen) atoms. The molecule has 1 aliphatic heterocycles. The van der Waals surface area contributed by atoms with Gasteiger partial charge in [0, 0.05) is 19.7 Å². The summed E-state index contributed by atoms with van der Waals surface area (Å²) in [4.78, 5) is 23.4. The molecular weight excluding hydrogens is 490 g/mol. The fourth-order valence-electron chi connectivity index (χ4n) is 4.13. The van der Waals surface area contributed by atoms with E-state index in [0.717, 1.165) is 22.6 Å². The fourth-order valence-corrected chi connectivity index (χ4v) is 4.13. The summed E-state index contributed by atoms with van der Waals surface area (Å²) in [6.45, 7) is 0.333. The zero-order valence-electron chi connectivity index (χ0n) is 19.4. The van der Waals surface area contributed by atoms with E-state index in [1.165, 1.54) is 29.0 Å². The number of halogens is 6. The zero-order valence-corrected chi connectivity index (χ0v) is 19.4. The van der Waals surface area contributed by atoms with Crippen LogP contribution in [-0.4, -0.2) is 51.5 Å². The van der Waals surface area contributed by atoms with E-state index < -0.39 is 42.1 Å². The van der Waals surface area contributed by atoms with Crippen LogP contribution < -0.4 is 9.80 Å². The Bertz CT molecular complexity index is 1250. The normalized spacial score (nSPS) is 16.0. The molecule has 0 N–H and O–H groups in total. The third kappa shape index (κ3) is 5.29. The van der Waals surface area contributed by atoms with E-state index in [2.05, 4.69) is 15.1 Å². The van der Waals surface area contributed by atoms with Crippen molar-refractivity contribution in [2.75, 3.05) is 23.4 Å². The van der Waals surface area contributed by atoms with E-state index in [1.54, 1.807) is 13.1 Å². The maximum absolute atomic E-state index is 13.4. The second kappa shape index (κ2) is 9.78. The molecule has 0 fully saturated rings. The molecule has 192 valence electrons. The Morgan fingerprint density at radius 1 is 1.03 bits per heavy atom. The van der Waals surface area contributed by atoms with Gasteiger partial charge in [0.25, 0.3) is 0 Å². The van der Waals surface area contributed by atoms with Gasteiger partial charge in [-0.25, -0.2) is 23.1 Å². The highest BCUT2D eigenvalue weighted by Gasteiger charge is 2.42. The molecule has 3 heterocycles. The lowest BCUT2D eigenvalue weighted by Gasteiger charge is -2.40. The van der Waals surface area contributed by atoms with Gasteiger partial charge in [0.1, 0.15) is 24.1 Å². The van der Waals surface area contributed by atoms with Crippen molar-refractivity contribution in [3.63, 3.8) is 0 Å². The largest absolute Gasteiger partial charge is 0.406 e. The molecule has 0 spiro atoms. The highest BCUT2D eigenvalue weighted by molar-refractivity contribution is 6.04. The number of fused-ring (bicyclic) bond motifs is 1. The summed E-state index contributed by atoms with van der Waals surface area (Å²) >= 11 is 0. The molecule has 1 amide bonds. The molecule has 1 aliphatic rings. The van der Waals surface area contributed by atoms with Gasteiger partial charge in [-0.3, -0.25) is 9.48 Å². The summed E-state index contributed by atoms with van der Waals surface area (Å²) in [7, 11) is 1.48. The number of hydrogen-bond donors (Lipinski definition) is 0. The number of aryl methyl sites for hydroxylation is 2. The molecule has 3 aromatic rings. The minimum atomic E-state index is -4.53. The first kappa shape index (κ1) is 25.5. The number of aromatic nitrogens is 4. The van der Waals surface area contributed by atoms with Crippen molar-refractivity contribution < 1.29 is 31.1 Å². The van der Waals surface area contributed by atoms with E-state index in [9.17, 15) is 31.1 Å². The molecule has 0 aliphatic carbocycles. The van der Waals surface area contributed by atoms with Gasteiger partial charge in [-0.05, 0) is 36.1 Å². The third-order valence-electron chi connectivity index (χ3n) is 5.87. The number of amides is 1. The summed E-state index contributed by atoms with van der Waals surface area (Å²) in [5.41, 5.74) is 1.11. The van der Waals surface area contributed by atoms with Crippen LogP contribution in [0.2, 0.25) is 0 Å². The molecule has 0 saturated carbocycles. The lowest BCUT2D eigenvalue weighted by Crippen LogP contribution is -2.55. The number of nitrogens with zero attached hydrogens (tertiary/aromatic N) is 6. The van der Waals surface area contributed by atoms with Gasteiger partial charge in [0.15, 0.2) is 23.3 Å². The highest BCUT2D eigenvalue weighted by atomic mass is 19.4. The highest BCUT2D eigenvalue weighted by Crippen LogP contribution is 2.36.